The number of phenolic OH excluding ortho intramolecular Hbond substituents is 1. The summed E-state index contributed by atoms with van der Waals surface area (Å²) in [5.41, 5.74) is 1.20. The van der Waals surface area contributed by atoms with Crippen LogP contribution in [0, 0.1) is 34.0 Å². The van der Waals surface area contributed by atoms with Gasteiger partial charge in [-0.25, -0.2) is 0 Å². The molecule has 0 aliphatic rings. The van der Waals surface area contributed by atoms with Gasteiger partial charge in [0.15, 0.2) is 5.57 Å². The molecule has 0 saturated heterocycles. The quantitative estimate of drug-likeness (QED) is 0.799. The second kappa shape index (κ2) is 7.13. The lowest BCUT2D eigenvalue weighted by Gasteiger charge is -2.14. The minimum atomic E-state index is -0.313. The Balaban J connectivity index is 2.64. The van der Waals surface area contributed by atoms with Crippen molar-refractivity contribution in [3.63, 3.8) is 0 Å². The van der Waals surface area contributed by atoms with Gasteiger partial charge in [0.2, 0.25) is 0 Å². The lowest BCUT2D eigenvalue weighted by atomic mass is 10.0. The van der Waals surface area contributed by atoms with Crippen LogP contribution in [0.1, 0.15) is 0 Å². The molecular formula is C17H9BrN4O. The van der Waals surface area contributed by atoms with Crippen molar-refractivity contribution in [3.8, 4) is 35.1 Å². The number of nitriles is 3. The highest BCUT2D eigenvalue weighted by Crippen LogP contribution is 2.39. The molecule has 0 aliphatic heterocycles. The molecule has 0 amide bonds. The predicted molar refractivity (Wildman–Crippen MR) is 88.7 cm³/mol. The zero-order chi connectivity index (χ0) is 16.8. The maximum absolute atomic E-state index is 10.0. The Hall–Kier alpha value is -3.27. The maximum Gasteiger partial charge on any atom is 0.163 e. The fourth-order valence-corrected chi connectivity index (χ4v) is 2.45. The van der Waals surface area contributed by atoms with Gasteiger partial charge in [0.25, 0.3) is 0 Å². The molecule has 0 aliphatic carbocycles. The van der Waals surface area contributed by atoms with Crippen LogP contribution in [0.25, 0.3) is 11.1 Å². The van der Waals surface area contributed by atoms with Crippen molar-refractivity contribution >= 4 is 21.6 Å². The Morgan fingerprint density at radius 1 is 0.913 bits per heavy atom. The van der Waals surface area contributed by atoms with Crippen molar-refractivity contribution in [2.45, 2.75) is 0 Å². The smallest absolute Gasteiger partial charge is 0.163 e. The highest BCUT2D eigenvalue weighted by atomic mass is 79.9. The van der Waals surface area contributed by atoms with Crippen LogP contribution in [0.15, 0.2) is 58.2 Å². The van der Waals surface area contributed by atoms with Crippen molar-refractivity contribution in [3.05, 3.63) is 58.2 Å². The Labute approximate surface area is 141 Å². The summed E-state index contributed by atoms with van der Waals surface area (Å²) in [5.74, 6) is 0.0805. The number of allylic oxidation sites excluding steroid dienone is 2. The Morgan fingerprint density at radius 3 is 2.17 bits per heavy atom. The number of benzene rings is 2. The molecule has 0 heterocycles. The fraction of sp³-hybridized carbons (Fsp3) is 0. The minimum Gasteiger partial charge on any atom is -0.507 e. The second-order valence-corrected chi connectivity index (χ2v) is 5.24. The van der Waals surface area contributed by atoms with Gasteiger partial charge >= 0.3 is 0 Å². The number of para-hydroxylation sites is 2. The highest BCUT2D eigenvalue weighted by molar-refractivity contribution is 9.10. The standard InChI is InChI=1S/C17H9BrN4O/c18-14-6-3-5-13(12-4-1-2-7-16(12)23)17(14)22-15(10-21)11(8-19)9-20/h1-7,22-23H. The van der Waals surface area contributed by atoms with Gasteiger partial charge in [-0.2, -0.15) is 15.8 Å². The van der Waals surface area contributed by atoms with Crippen molar-refractivity contribution in [2.75, 3.05) is 5.32 Å². The average molecular weight is 365 g/mol. The first-order valence-electron chi connectivity index (χ1n) is 6.40. The molecule has 0 spiro atoms. The lowest BCUT2D eigenvalue weighted by Crippen LogP contribution is -2.03. The van der Waals surface area contributed by atoms with E-state index in [2.05, 4.69) is 21.2 Å². The number of hydrogen-bond acceptors (Lipinski definition) is 5. The van der Waals surface area contributed by atoms with Gasteiger partial charge in [-0.3, -0.25) is 0 Å². The van der Waals surface area contributed by atoms with Crippen LogP contribution in [0.5, 0.6) is 5.75 Å². The molecular weight excluding hydrogens is 356 g/mol. The van der Waals surface area contributed by atoms with E-state index in [0.717, 1.165) is 0 Å². The molecule has 23 heavy (non-hydrogen) atoms. The van der Waals surface area contributed by atoms with E-state index in [9.17, 15) is 10.4 Å². The molecule has 0 radical (unpaired) electrons. The zero-order valence-corrected chi connectivity index (χ0v) is 13.3. The average Bonchev–Trinajstić information content (AvgIpc) is 2.57. The monoisotopic (exact) mass is 364 g/mol. The summed E-state index contributed by atoms with van der Waals surface area (Å²) in [6.07, 6.45) is 0. The van der Waals surface area contributed by atoms with Gasteiger partial charge in [-0.05, 0) is 28.1 Å². The summed E-state index contributed by atoms with van der Waals surface area (Å²) in [7, 11) is 0. The molecule has 0 unspecified atom stereocenters. The van der Waals surface area contributed by atoms with Crippen LogP contribution in [-0.2, 0) is 0 Å². The van der Waals surface area contributed by atoms with E-state index >= 15 is 0 Å². The molecule has 0 saturated carbocycles. The van der Waals surface area contributed by atoms with E-state index in [1.54, 1.807) is 54.6 Å². The van der Waals surface area contributed by atoms with Gasteiger partial charge < -0.3 is 10.4 Å². The maximum atomic E-state index is 10.0. The topological polar surface area (TPSA) is 104 Å². The summed E-state index contributed by atoms with van der Waals surface area (Å²) in [6, 6.07) is 17.2. The number of aromatic hydroxyl groups is 1. The van der Waals surface area contributed by atoms with E-state index in [1.807, 2.05) is 6.07 Å². The Kier molecular flexibility index (Phi) is 5.00. The van der Waals surface area contributed by atoms with E-state index < -0.39 is 0 Å². The van der Waals surface area contributed by atoms with Gasteiger partial charge in [0.05, 0.1) is 5.69 Å². The number of nitrogens with zero attached hydrogens (tertiary/aromatic N) is 3. The van der Waals surface area contributed by atoms with Crippen molar-refractivity contribution in [1.82, 2.24) is 0 Å². The minimum absolute atomic E-state index is 0.0805. The zero-order valence-electron chi connectivity index (χ0n) is 11.7. The third-order valence-corrected chi connectivity index (χ3v) is 3.70. The van der Waals surface area contributed by atoms with Gasteiger partial charge in [-0.15, -0.1) is 0 Å². The number of phenols is 1. The summed E-state index contributed by atoms with van der Waals surface area (Å²) in [4.78, 5) is 0. The predicted octanol–water partition coefficient (Wildman–Crippen LogP) is 4.06. The molecule has 2 rings (SSSR count). The third-order valence-electron chi connectivity index (χ3n) is 3.04. The third kappa shape index (κ3) is 3.32. The van der Waals surface area contributed by atoms with Crippen molar-refractivity contribution in [2.24, 2.45) is 0 Å². The molecule has 0 fully saturated rings. The van der Waals surface area contributed by atoms with E-state index in [-0.39, 0.29) is 17.0 Å². The molecule has 0 atom stereocenters. The number of hydrogen-bond donors (Lipinski definition) is 2. The van der Waals surface area contributed by atoms with Crippen LogP contribution in [0.2, 0.25) is 0 Å². The molecule has 0 bridgehead atoms. The first-order valence-corrected chi connectivity index (χ1v) is 7.20. The van der Waals surface area contributed by atoms with Crippen LogP contribution in [-0.4, -0.2) is 5.11 Å². The van der Waals surface area contributed by atoms with Crippen molar-refractivity contribution < 1.29 is 5.11 Å². The van der Waals surface area contributed by atoms with E-state index in [4.69, 9.17) is 10.5 Å². The summed E-state index contributed by atoms with van der Waals surface area (Å²) in [6.45, 7) is 0. The Bertz CT molecular complexity index is 897. The van der Waals surface area contributed by atoms with E-state index in [1.165, 1.54) is 0 Å². The summed E-state index contributed by atoms with van der Waals surface area (Å²) < 4.78 is 0.626. The molecule has 2 N–H and O–H groups in total. The van der Waals surface area contributed by atoms with Crippen LogP contribution >= 0.6 is 15.9 Å². The van der Waals surface area contributed by atoms with Crippen molar-refractivity contribution in [1.29, 1.82) is 15.8 Å². The second-order valence-electron chi connectivity index (χ2n) is 4.39. The first kappa shape index (κ1) is 16.1. The Morgan fingerprint density at radius 2 is 1.57 bits per heavy atom. The SMILES string of the molecule is N#CC(C#N)=C(C#N)Nc1c(Br)cccc1-c1ccccc1O. The summed E-state index contributed by atoms with van der Waals surface area (Å²) >= 11 is 3.38. The molecule has 6 heteroatoms. The van der Waals surface area contributed by atoms with Gasteiger partial charge in [-0.1, -0.05) is 30.3 Å². The van der Waals surface area contributed by atoms with E-state index in [0.29, 0.717) is 21.3 Å². The highest BCUT2D eigenvalue weighted by Gasteiger charge is 2.15. The molecule has 2 aromatic rings. The number of anilines is 1. The number of rotatable bonds is 3. The normalized spacial score (nSPS) is 9.13. The van der Waals surface area contributed by atoms with Crippen LogP contribution in [0.3, 0.4) is 0 Å². The van der Waals surface area contributed by atoms with Crippen LogP contribution < -0.4 is 5.32 Å². The molecule has 110 valence electrons. The lowest BCUT2D eigenvalue weighted by molar-refractivity contribution is 0.477. The summed E-state index contributed by atoms with van der Waals surface area (Å²) in [5, 5.41) is 39.9. The molecule has 5 nitrogen and oxygen atoms in total. The molecule has 2 aromatic carbocycles. The largest absolute Gasteiger partial charge is 0.507 e. The fourth-order valence-electron chi connectivity index (χ4n) is 1.99. The van der Waals surface area contributed by atoms with Gasteiger partial charge in [0.1, 0.15) is 29.7 Å². The number of halogens is 1. The molecule has 0 aromatic heterocycles. The number of nitrogens with one attached hydrogen (secondary N) is 1. The van der Waals surface area contributed by atoms with Crippen LogP contribution in [0.4, 0.5) is 5.69 Å². The first-order chi connectivity index (χ1) is 11.1. The van der Waals surface area contributed by atoms with Gasteiger partial charge in [0, 0.05) is 15.6 Å².